The average molecular weight is 348 g/mol. The molecule has 0 radical (unpaired) electrons. The third kappa shape index (κ3) is 3.14. The van der Waals surface area contributed by atoms with E-state index in [9.17, 15) is 14.4 Å². The zero-order valence-electron chi connectivity index (χ0n) is 15.1. The van der Waals surface area contributed by atoms with E-state index in [1.807, 2.05) is 18.7 Å². The molecule has 4 fully saturated rings. The van der Waals surface area contributed by atoms with E-state index in [1.165, 1.54) is 30.6 Å². The van der Waals surface area contributed by atoms with Crippen molar-refractivity contribution >= 4 is 17.8 Å². The quantitative estimate of drug-likeness (QED) is 0.692. The molecule has 4 amide bonds. The van der Waals surface area contributed by atoms with Gasteiger partial charge in [0.15, 0.2) is 0 Å². The monoisotopic (exact) mass is 348 g/mol. The van der Waals surface area contributed by atoms with E-state index < -0.39 is 5.54 Å². The summed E-state index contributed by atoms with van der Waals surface area (Å²) >= 11 is 0. The highest BCUT2D eigenvalue weighted by atomic mass is 16.2. The predicted molar refractivity (Wildman–Crippen MR) is 91.7 cm³/mol. The highest BCUT2D eigenvalue weighted by Gasteiger charge is 2.55. The van der Waals surface area contributed by atoms with Crippen molar-refractivity contribution in [3.63, 3.8) is 0 Å². The van der Waals surface area contributed by atoms with Gasteiger partial charge < -0.3 is 10.6 Å². The number of nitrogens with one attached hydrogen (secondary N) is 2. The average Bonchev–Trinajstić information content (AvgIpc) is 3.44. The summed E-state index contributed by atoms with van der Waals surface area (Å²) in [7, 11) is 0. The van der Waals surface area contributed by atoms with Crippen molar-refractivity contribution in [1.29, 1.82) is 0 Å². The number of hydrogen-bond donors (Lipinski definition) is 2. The highest BCUT2D eigenvalue weighted by molar-refractivity contribution is 6.07. The largest absolute Gasteiger partial charge is 0.352 e. The van der Waals surface area contributed by atoms with Gasteiger partial charge in [-0.15, -0.1) is 0 Å². The lowest BCUT2D eigenvalue weighted by Crippen LogP contribution is -2.51. The lowest BCUT2D eigenvalue weighted by atomic mass is 9.98. The minimum Gasteiger partial charge on any atom is -0.352 e. The Morgan fingerprint density at radius 1 is 1.24 bits per heavy atom. The van der Waals surface area contributed by atoms with Crippen LogP contribution < -0.4 is 10.6 Å². The Labute approximate surface area is 148 Å². The first-order valence-electron chi connectivity index (χ1n) is 9.57. The maximum absolute atomic E-state index is 12.7. The molecular weight excluding hydrogens is 320 g/mol. The smallest absolute Gasteiger partial charge is 0.325 e. The molecule has 2 aliphatic carbocycles. The summed E-state index contributed by atoms with van der Waals surface area (Å²) in [6.45, 7) is 5.07. The fourth-order valence-electron chi connectivity index (χ4n) is 4.38. The number of rotatable bonds is 6. The van der Waals surface area contributed by atoms with Crippen molar-refractivity contribution in [1.82, 2.24) is 20.4 Å². The number of imide groups is 1. The summed E-state index contributed by atoms with van der Waals surface area (Å²) in [4.78, 5) is 40.6. The second-order valence-corrected chi connectivity index (χ2v) is 8.51. The van der Waals surface area contributed by atoms with Crippen LogP contribution in [0.2, 0.25) is 0 Å². The Bertz CT molecular complexity index is 587. The molecular formula is C18H28N4O3. The molecule has 1 atom stereocenters. The minimum absolute atomic E-state index is 0.0540. The van der Waals surface area contributed by atoms with Gasteiger partial charge in [0.05, 0.1) is 6.54 Å². The van der Waals surface area contributed by atoms with Crippen LogP contribution in [0.3, 0.4) is 0 Å². The number of carbonyl (C=O) groups is 3. The van der Waals surface area contributed by atoms with Gasteiger partial charge in [-0.2, -0.15) is 0 Å². The van der Waals surface area contributed by atoms with Crippen molar-refractivity contribution in [3.05, 3.63) is 0 Å². The van der Waals surface area contributed by atoms with E-state index in [1.54, 1.807) is 0 Å². The van der Waals surface area contributed by atoms with Gasteiger partial charge in [-0.3, -0.25) is 19.4 Å². The molecule has 25 heavy (non-hydrogen) atoms. The van der Waals surface area contributed by atoms with E-state index >= 15 is 0 Å². The maximum atomic E-state index is 12.7. The SMILES string of the molecule is CC(C)N1C(=O)NC2(CCN(CC(=O)NC(C3CC3)C3CC3)C2)C1=O. The first-order chi connectivity index (χ1) is 11.9. The molecule has 2 aliphatic heterocycles. The first kappa shape index (κ1) is 16.8. The van der Waals surface area contributed by atoms with Gasteiger partial charge in [0.1, 0.15) is 5.54 Å². The molecule has 2 saturated heterocycles. The molecule has 4 aliphatic rings. The second-order valence-electron chi connectivity index (χ2n) is 8.51. The van der Waals surface area contributed by atoms with E-state index in [2.05, 4.69) is 10.6 Å². The molecule has 0 aromatic heterocycles. The molecule has 4 rings (SSSR count). The van der Waals surface area contributed by atoms with Gasteiger partial charge in [0.2, 0.25) is 5.91 Å². The van der Waals surface area contributed by atoms with Gasteiger partial charge in [-0.1, -0.05) is 0 Å². The van der Waals surface area contributed by atoms with Gasteiger partial charge in [0, 0.05) is 25.2 Å². The van der Waals surface area contributed by atoms with Crippen LogP contribution in [-0.4, -0.2) is 64.9 Å². The summed E-state index contributed by atoms with van der Waals surface area (Å²) < 4.78 is 0. The van der Waals surface area contributed by atoms with Gasteiger partial charge in [0.25, 0.3) is 5.91 Å². The van der Waals surface area contributed by atoms with Gasteiger partial charge >= 0.3 is 6.03 Å². The fourth-order valence-corrected chi connectivity index (χ4v) is 4.38. The second kappa shape index (κ2) is 5.97. The Kier molecular flexibility index (Phi) is 4.02. The summed E-state index contributed by atoms with van der Waals surface area (Å²) in [6.07, 6.45) is 5.52. The normalized spacial score (nSPS) is 30.0. The zero-order chi connectivity index (χ0) is 17.8. The zero-order valence-corrected chi connectivity index (χ0v) is 15.1. The van der Waals surface area contributed by atoms with Crippen LogP contribution in [-0.2, 0) is 9.59 Å². The third-order valence-electron chi connectivity index (χ3n) is 6.01. The molecule has 0 aromatic carbocycles. The molecule has 0 aromatic rings. The molecule has 7 nitrogen and oxygen atoms in total. The fraction of sp³-hybridized carbons (Fsp3) is 0.833. The number of urea groups is 1. The number of nitrogens with zero attached hydrogens (tertiary/aromatic N) is 2. The molecule has 2 heterocycles. The highest BCUT2D eigenvalue weighted by Crippen LogP contribution is 2.44. The Morgan fingerprint density at radius 3 is 2.40 bits per heavy atom. The van der Waals surface area contributed by atoms with E-state index in [0.29, 0.717) is 43.9 Å². The molecule has 0 bridgehead atoms. The molecule has 2 N–H and O–H groups in total. The summed E-state index contributed by atoms with van der Waals surface area (Å²) in [6, 6.07) is -0.107. The minimum atomic E-state index is -0.839. The maximum Gasteiger partial charge on any atom is 0.325 e. The van der Waals surface area contributed by atoms with Crippen molar-refractivity contribution in [2.75, 3.05) is 19.6 Å². The number of carbonyl (C=O) groups excluding carboxylic acids is 3. The molecule has 1 spiro atoms. The van der Waals surface area contributed by atoms with Crippen molar-refractivity contribution in [2.24, 2.45) is 11.8 Å². The van der Waals surface area contributed by atoms with Crippen molar-refractivity contribution < 1.29 is 14.4 Å². The topological polar surface area (TPSA) is 81.8 Å². The molecule has 138 valence electrons. The van der Waals surface area contributed by atoms with E-state index in [-0.39, 0.29) is 23.9 Å². The third-order valence-corrected chi connectivity index (χ3v) is 6.01. The van der Waals surface area contributed by atoms with Crippen molar-refractivity contribution in [2.45, 2.75) is 63.6 Å². The summed E-state index contributed by atoms with van der Waals surface area (Å²) in [5, 5.41) is 6.11. The Balaban J connectivity index is 1.34. The van der Waals surface area contributed by atoms with Crippen LogP contribution in [0.15, 0.2) is 0 Å². The molecule has 1 unspecified atom stereocenters. The lowest BCUT2D eigenvalue weighted by Gasteiger charge is -2.24. The summed E-state index contributed by atoms with van der Waals surface area (Å²) in [5.41, 5.74) is -0.839. The van der Waals surface area contributed by atoms with Crippen LogP contribution in [0.25, 0.3) is 0 Å². The Morgan fingerprint density at radius 2 is 1.88 bits per heavy atom. The van der Waals surface area contributed by atoms with Crippen LogP contribution in [0.5, 0.6) is 0 Å². The van der Waals surface area contributed by atoms with Crippen LogP contribution in [0.4, 0.5) is 4.79 Å². The van der Waals surface area contributed by atoms with Gasteiger partial charge in [-0.05, 0) is 57.8 Å². The van der Waals surface area contributed by atoms with E-state index in [0.717, 1.165) is 0 Å². The van der Waals surface area contributed by atoms with Crippen LogP contribution >= 0.6 is 0 Å². The van der Waals surface area contributed by atoms with Crippen LogP contribution in [0, 0.1) is 11.8 Å². The van der Waals surface area contributed by atoms with Crippen LogP contribution in [0.1, 0.15) is 46.0 Å². The summed E-state index contributed by atoms with van der Waals surface area (Å²) in [5.74, 6) is 1.26. The number of likely N-dealkylation sites (tertiary alicyclic amines) is 1. The lowest BCUT2D eigenvalue weighted by molar-refractivity contribution is -0.132. The molecule has 7 heteroatoms. The number of amides is 4. The first-order valence-corrected chi connectivity index (χ1v) is 9.57. The van der Waals surface area contributed by atoms with Crippen molar-refractivity contribution in [3.8, 4) is 0 Å². The Hall–Kier alpha value is -1.63. The van der Waals surface area contributed by atoms with Gasteiger partial charge in [-0.25, -0.2) is 4.79 Å². The predicted octanol–water partition coefficient (Wildman–Crippen LogP) is 0.696. The standard InChI is InChI=1S/C18H28N4O3/c1-11(2)22-16(24)18(20-17(22)25)7-8-21(10-18)9-14(23)19-15(12-3-4-12)13-5-6-13/h11-13,15H,3-10H2,1-2H3,(H,19,23)(H,20,25). The molecule has 2 saturated carbocycles. The van der Waals surface area contributed by atoms with E-state index in [4.69, 9.17) is 0 Å². The number of hydrogen-bond acceptors (Lipinski definition) is 4.